The first-order valence-electron chi connectivity index (χ1n) is 5.47. The molecule has 0 amide bonds. The Bertz CT molecular complexity index is 642. The molecule has 0 atom stereocenters. The molecule has 20 heavy (non-hydrogen) atoms. The van der Waals surface area contributed by atoms with E-state index in [9.17, 15) is 8.78 Å². The Balaban J connectivity index is 2.39. The van der Waals surface area contributed by atoms with E-state index >= 15 is 0 Å². The summed E-state index contributed by atoms with van der Waals surface area (Å²) in [5, 5.41) is 2.61. The van der Waals surface area contributed by atoms with Crippen LogP contribution in [0, 0.1) is 11.6 Å². The maximum absolute atomic E-state index is 13.4. The highest BCUT2D eigenvalue weighted by molar-refractivity contribution is 6.35. The number of ether oxygens (including phenoxy) is 1. The molecule has 0 aliphatic rings. The molecule has 0 bridgehead atoms. The molecule has 3 N–H and O–H groups in total. The predicted molar refractivity (Wildman–Crippen MR) is 77.1 cm³/mol. The minimum Gasteiger partial charge on any atom is -0.494 e. The van der Waals surface area contributed by atoms with E-state index in [0.717, 1.165) is 6.07 Å². The van der Waals surface area contributed by atoms with E-state index in [0.29, 0.717) is 11.4 Å². The Morgan fingerprint density at radius 1 is 1.10 bits per heavy atom. The van der Waals surface area contributed by atoms with Crippen LogP contribution in [0.3, 0.4) is 0 Å². The molecule has 0 saturated carbocycles. The van der Waals surface area contributed by atoms with Crippen LogP contribution < -0.4 is 15.8 Å². The third kappa shape index (κ3) is 2.89. The van der Waals surface area contributed by atoms with Crippen molar-refractivity contribution in [2.24, 2.45) is 0 Å². The summed E-state index contributed by atoms with van der Waals surface area (Å²) in [5.41, 5.74) is 6.68. The van der Waals surface area contributed by atoms with Crippen LogP contribution in [-0.4, -0.2) is 7.11 Å². The van der Waals surface area contributed by atoms with Crippen molar-refractivity contribution < 1.29 is 13.5 Å². The average Bonchev–Trinajstić information content (AvgIpc) is 2.39. The number of halogens is 4. The van der Waals surface area contributed by atoms with Gasteiger partial charge in [0.2, 0.25) is 0 Å². The number of nitrogens with two attached hydrogens (primary N) is 1. The number of anilines is 3. The van der Waals surface area contributed by atoms with Crippen molar-refractivity contribution in [3.05, 3.63) is 45.9 Å². The molecule has 0 aliphatic heterocycles. The van der Waals surface area contributed by atoms with E-state index in [-0.39, 0.29) is 21.5 Å². The lowest BCUT2D eigenvalue weighted by Crippen LogP contribution is -1.99. The van der Waals surface area contributed by atoms with Gasteiger partial charge in [0.25, 0.3) is 0 Å². The SMILES string of the molecule is COc1cc(Nc2cc(Cl)c(F)c(Cl)c2)c(N)cc1F. The molecule has 106 valence electrons. The Kier molecular flexibility index (Phi) is 4.20. The smallest absolute Gasteiger partial charge is 0.167 e. The maximum atomic E-state index is 13.4. The number of nitrogen functional groups attached to an aromatic ring is 1. The van der Waals surface area contributed by atoms with Crippen LogP contribution in [0.2, 0.25) is 10.0 Å². The summed E-state index contributed by atoms with van der Waals surface area (Å²) in [4.78, 5) is 0. The number of rotatable bonds is 3. The van der Waals surface area contributed by atoms with Crippen molar-refractivity contribution >= 4 is 40.3 Å². The lowest BCUT2D eigenvalue weighted by Gasteiger charge is -2.12. The zero-order chi connectivity index (χ0) is 14.9. The molecule has 2 aromatic rings. The maximum Gasteiger partial charge on any atom is 0.167 e. The summed E-state index contributed by atoms with van der Waals surface area (Å²) in [5.74, 6) is -1.25. The van der Waals surface area contributed by atoms with Gasteiger partial charge in [0, 0.05) is 17.8 Å². The predicted octanol–water partition coefficient (Wildman–Crippen LogP) is 4.61. The van der Waals surface area contributed by atoms with Crippen molar-refractivity contribution in [1.82, 2.24) is 0 Å². The second-order valence-corrected chi connectivity index (χ2v) is 4.77. The van der Waals surface area contributed by atoms with E-state index in [2.05, 4.69) is 5.32 Å². The normalized spacial score (nSPS) is 10.4. The van der Waals surface area contributed by atoms with E-state index in [1.54, 1.807) is 0 Å². The monoisotopic (exact) mass is 318 g/mol. The minimum absolute atomic E-state index is 0.0287. The standard InChI is InChI=1S/C13H10Cl2F2N2O/c1-20-12-5-11(10(18)4-9(12)16)19-6-2-7(14)13(17)8(15)3-6/h2-5,19H,18H2,1H3. The number of hydrogen-bond acceptors (Lipinski definition) is 3. The first-order valence-corrected chi connectivity index (χ1v) is 6.22. The number of hydrogen-bond donors (Lipinski definition) is 2. The fourth-order valence-electron chi connectivity index (χ4n) is 1.62. The molecule has 2 aromatic carbocycles. The molecule has 0 saturated heterocycles. The summed E-state index contributed by atoms with van der Waals surface area (Å²) in [6.07, 6.45) is 0. The molecule has 0 fully saturated rings. The molecule has 2 rings (SSSR count). The van der Waals surface area contributed by atoms with Gasteiger partial charge in [-0.05, 0) is 12.1 Å². The lowest BCUT2D eigenvalue weighted by molar-refractivity contribution is 0.387. The van der Waals surface area contributed by atoms with Crippen molar-refractivity contribution in [3.8, 4) is 5.75 Å². The third-order valence-electron chi connectivity index (χ3n) is 2.59. The Hall–Kier alpha value is -1.72. The van der Waals surface area contributed by atoms with Crippen molar-refractivity contribution in [2.75, 3.05) is 18.2 Å². The molecule has 3 nitrogen and oxygen atoms in total. The minimum atomic E-state index is -0.705. The fourth-order valence-corrected chi connectivity index (χ4v) is 2.10. The van der Waals surface area contributed by atoms with Gasteiger partial charge in [-0.25, -0.2) is 8.78 Å². The topological polar surface area (TPSA) is 47.3 Å². The first-order chi connectivity index (χ1) is 9.42. The van der Waals surface area contributed by atoms with Gasteiger partial charge in [0.05, 0.1) is 28.5 Å². The van der Waals surface area contributed by atoms with Gasteiger partial charge < -0.3 is 15.8 Å². The van der Waals surface area contributed by atoms with Crippen molar-refractivity contribution in [2.45, 2.75) is 0 Å². The Morgan fingerprint density at radius 3 is 2.25 bits per heavy atom. The van der Waals surface area contributed by atoms with Crippen LogP contribution in [0.4, 0.5) is 25.8 Å². The molecule has 0 aromatic heterocycles. The van der Waals surface area contributed by atoms with Gasteiger partial charge in [-0.2, -0.15) is 0 Å². The van der Waals surface area contributed by atoms with Gasteiger partial charge >= 0.3 is 0 Å². The van der Waals surface area contributed by atoms with Gasteiger partial charge in [-0.1, -0.05) is 23.2 Å². The Labute approximate surface area is 124 Å². The fraction of sp³-hybridized carbons (Fsp3) is 0.0769. The molecule has 0 spiro atoms. The van der Waals surface area contributed by atoms with Crippen molar-refractivity contribution in [3.63, 3.8) is 0 Å². The molecule has 0 unspecified atom stereocenters. The van der Waals surface area contributed by atoms with Crippen molar-refractivity contribution in [1.29, 1.82) is 0 Å². The highest BCUT2D eigenvalue weighted by atomic mass is 35.5. The largest absolute Gasteiger partial charge is 0.494 e. The van der Waals surface area contributed by atoms with Gasteiger partial charge in [-0.15, -0.1) is 0 Å². The summed E-state index contributed by atoms with van der Waals surface area (Å²) in [7, 11) is 1.34. The van der Waals surface area contributed by atoms with Crippen LogP contribution in [-0.2, 0) is 0 Å². The first kappa shape index (κ1) is 14.7. The summed E-state index contributed by atoms with van der Waals surface area (Å²) in [6.45, 7) is 0. The van der Waals surface area contributed by atoms with Gasteiger partial charge in [0.15, 0.2) is 17.4 Å². The summed E-state index contributed by atoms with van der Waals surface area (Å²) < 4.78 is 31.6. The van der Waals surface area contributed by atoms with Crippen LogP contribution in [0.1, 0.15) is 0 Å². The van der Waals surface area contributed by atoms with E-state index in [1.807, 2.05) is 0 Å². The summed E-state index contributed by atoms with van der Waals surface area (Å²) in [6, 6.07) is 5.19. The zero-order valence-electron chi connectivity index (χ0n) is 10.3. The molecule has 0 radical (unpaired) electrons. The van der Waals surface area contributed by atoms with Crippen LogP contribution in [0.15, 0.2) is 24.3 Å². The molecule has 0 heterocycles. The quantitative estimate of drug-likeness (QED) is 0.642. The second-order valence-electron chi connectivity index (χ2n) is 3.95. The Morgan fingerprint density at radius 2 is 1.70 bits per heavy atom. The van der Waals surface area contributed by atoms with Gasteiger partial charge in [0.1, 0.15) is 0 Å². The van der Waals surface area contributed by atoms with Gasteiger partial charge in [-0.3, -0.25) is 0 Å². The van der Waals surface area contributed by atoms with E-state index < -0.39 is 11.6 Å². The molecule has 7 heteroatoms. The van der Waals surface area contributed by atoms with Crippen LogP contribution >= 0.6 is 23.2 Å². The summed E-state index contributed by atoms with van der Waals surface area (Å²) >= 11 is 11.4. The molecular weight excluding hydrogens is 309 g/mol. The number of benzene rings is 2. The zero-order valence-corrected chi connectivity index (χ0v) is 11.8. The third-order valence-corrected chi connectivity index (χ3v) is 3.14. The number of methoxy groups -OCH3 is 1. The van der Waals surface area contributed by atoms with E-state index in [4.69, 9.17) is 33.7 Å². The van der Waals surface area contributed by atoms with E-state index in [1.165, 1.54) is 25.3 Å². The highest BCUT2D eigenvalue weighted by Crippen LogP contribution is 2.33. The average molecular weight is 319 g/mol. The lowest BCUT2D eigenvalue weighted by atomic mass is 10.2. The number of nitrogens with one attached hydrogen (secondary N) is 1. The highest BCUT2D eigenvalue weighted by Gasteiger charge is 2.11. The molecule has 0 aliphatic carbocycles. The van der Waals surface area contributed by atoms with Crippen LogP contribution in [0.5, 0.6) is 5.75 Å². The van der Waals surface area contributed by atoms with Crippen LogP contribution in [0.25, 0.3) is 0 Å². The molecular formula is C13H10Cl2F2N2O. The second kappa shape index (κ2) is 5.73.